The fraction of sp³-hybridized carbons (Fsp3) is 0.632. The van der Waals surface area contributed by atoms with Crippen LogP contribution in [0.3, 0.4) is 0 Å². The topological polar surface area (TPSA) is 29.1 Å². The molecule has 0 amide bonds. The van der Waals surface area contributed by atoms with Crippen LogP contribution in [-0.2, 0) is 11.2 Å². The molecule has 1 fully saturated rings. The smallest absolute Gasteiger partial charge is 0.143 e. The molecule has 1 heterocycles. The van der Waals surface area contributed by atoms with Gasteiger partial charge in [-0.15, -0.1) is 0 Å². The molecule has 1 aromatic carbocycles. The van der Waals surface area contributed by atoms with Crippen LogP contribution in [0.2, 0.25) is 0 Å². The van der Waals surface area contributed by atoms with Crippen LogP contribution < -0.4 is 5.32 Å². The van der Waals surface area contributed by atoms with Gasteiger partial charge in [-0.1, -0.05) is 31.0 Å². The number of rotatable bonds is 5. The molecule has 0 bridgehead atoms. The lowest BCUT2D eigenvalue weighted by molar-refractivity contribution is -0.130. The minimum absolute atomic E-state index is 0.0796. The summed E-state index contributed by atoms with van der Waals surface area (Å²) in [5.41, 5.74) is 4.98. The number of hydrogen-bond donors (Lipinski definition) is 1. The van der Waals surface area contributed by atoms with Crippen LogP contribution in [0.1, 0.15) is 54.9 Å². The predicted molar refractivity (Wildman–Crippen MR) is 88.8 cm³/mol. The summed E-state index contributed by atoms with van der Waals surface area (Å²) in [6.45, 7) is 10.6. The lowest BCUT2D eigenvalue weighted by Gasteiger charge is -2.36. The van der Waals surface area contributed by atoms with Crippen molar-refractivity contribution in [3.63, 3.8) is 0 Å². The normalized spacial score (nSPS) is 17.7. The summed E-state index contributed by atoms with van der Waals surface area (Å²) in [5.74, 6) is 0.459. The van der Waals surface area contributed by atoms with E-state index in [1.54, 1.807) is 0 Å². The highest BCUT2D eigenvalue weighted by Gasteiger charge is 2.38. The molecule has 21 heavy (non-hydrogen) atoms. The molecule has 116 valence electrons. The molecule has 2 heteroatoms. The van der Waals surface area contributed by atoms with E-state index in [2.05, 4.69) is 45.1 Å². The molecule has 0 aromatic heterocycles. The third-order valence-corrected chi connectivity index (χ3v) is 5.06. The van der Waals surface area contributed by atoms with E-state index in [0.717, 1.165) is 38.8 Å². The standard InChI is InChI=1S/C19H29NO/c1-5-6-19(7-9-20-10-8-19)18(21)13-17-15(3)11-14(2)12-16(17)4/h11-12,20H,5-10,13H2,1-4H3. The highest BCUT2D eigenvalue weighted by molar-refractivity contribution is 5.87. The fourth-order valence-corrected chi connectivity index (χ4v) is 3.89. The zero-order chi connectivity index (χ0) is 15.5. The average molecular weight is 287 g/mol. The maximum atomic E-state index is 13.0. The molecule has 2 rings (SSSR count). The molecule has 1 aromatic rings. The van der Waals surface area contributed by atoms with Crippen LogP contribution >= 0.6 is 0 Å². The fourth-order valence-electron chi connectivity index (χ4n) is 3.89. The third-order valence-electron chi connectivity index (χ3n) is 5.06. The first-order valence-electron chi connectivity index (χ1n) is 8.29. The van der Waals surface area contributed by atoms with Gasteiger partial charge >= 0.3 is 0 Å². The Morgan fingerprint density at radius 2 is 1.71 bits per heavy atom. The minimum Gasteiger partial charge on any atom is -0.317 e. The zero-order valence-corrected chi connectivity index (χ0v) is 14.0. The quantitative estimate of drug-likeness (QED) is 0.890. The van der Waals surface area contributed by atoms with E-state index in [1.807, 2.05) is 0 Å². The van der Waals surface area contributed by atoms with Crippen molar-refractivity contribution >= 4 is 5.78 Å². The van der Waals surface area contributed by atoms with Gasteiger partial charge in [-0.25, -0.2) is 0 Å². The van der Waals surface area contributed by atoms with Crippen molar-refractivity contribution in [2.75, 3.05) is 13.1 Å². The van der Waals surface area contributed by atoms with Gasteiger partial charge < -0.3 is 5.32 Å². The van der Waals surface area contributed by atoms with Crippen molar-refractivity contribution in [1.82, 2.24) is 5.32 Å². The Hall–Kier alpha value is -1.15. The molecular weight excluding hydrogens is 258 g/mol. The molecule has 0 unspecified atom stereocenters. The number of nitrogens with one attached hydrogen (secondary N) is 1. The summed E-state index contributed by atoms with van der Waals surface area (Å²) < 4.78 is 0. The molecule has 1 aliphatic rings. The van der Waals surface area contributed by atoms with Crippen molar-refractivity contribution in [3.05, 3.63) is 34.4 Å². The average Bonchev–Trinajstić information content (AvgIpc) is 2.44. The first kappa shape index (κ1) is 16.2. The Labute approximate surface area is 129 Å². The molecule has 0 saturated carbocycles. The van der Waals surface area contributed by atoms with Crippen molar-refractivity contribution in [2.45, 2.75) is 59.8 Å². The SMILES string of the molecule is CCCC1(C(=O)Cc2c(C)cc(C)cc2C)CCNCC1. The number of benzene rings is 1. The number of piperidine rings is 1. The van der Waals surface area contributed by atoms with E-state index in [9.17, 15) is 4.79 Å². The van der Waals surface area contributed by atoms with Gasteiger partial charge in [-0.3, -0.25) is 4.79 Å². The largest absolute Gasteiger partial charge is 0.317 e. The highest BCUT2D eigenvalue weighted by atomic mass is 16.1. The molecule has 0 aliphatic carbocycles. The molecule has 2 nitrogen and oxygen atoms in total. The van der Waals surface area contributed by atoms with Crippen molar-refractivity contribution in [3.8, 4) is 0 Å². The Morgan fingerprint density at radius 1 is 1.14 bits per heavy atom. The van der Waals surface area contributed by atoms with E-state index in [4.69, 9.17) is 0 Å². The van der Waals surface area contributed by atoms with Crippen molar-refractivity contribution in [2.24, 2.45) is 5.41 Å². The van der Waals surface area contributed by atoms with Crippen LogP contribution in [0, 0.1) is 26.2 Å². The van der Waals surface area contributed by atoms with Gasteiger partial charge in [0.2, 0.25) is 0 Å². The third kappa shape index (κ3) is 3.55. The number of ketones is 1. The molecule has 0 atom stereocenters. The highest BCUT2D eigenvalue weighted by Crippen LogP contribution is 2.36. The summed E-state index contributed by atoms with van der Waals surface area (Å²) in [7, 11) is 0. The summed E-state index contributed by atoms with van der Waals surface area (Å²) in [5, 5.41) is 3.39. The molecule has 0 radical (unpaired) electrons. The number of aryl methyl sites for hydroxylation is 3. The van der Waals surface area contributed by atoms with Gasteiger partial charge in [0.1, 0.15) is 5.78 Å². The van der Waals surface area contributed by atoms with Gasteiger partial charge in [-0.05, 0) is 69.8 Å². The van der Waals surface area contributed by atoms with Gasteiger partial charge in [0, 0.05) is 11.8 Å². The summed E-state index contributed by atoms with van der Waals surface area (Å²) in [6.07, 6.45) is 4.75. The zero-order valence-electron chi connectivity index (χ0n) is 14.0. The molecular formula is C19H29NO. The Kier molecular flexibility index (Phi) is 5.21. The first-order chi connectivity index (χ1) is 9.98. The van der Waals surface area contributed by atoms with E-state index < -0.39 is 0 Å². The number of hydrogen-bond acceptors (Lipinski definition) is 2. The van der Waals surface area contributed by atoms with Gasteiger partial charge in [-0.2, -0.15) is 0 Å². The van der Waals surface area contributed by atoms with E-state index in [1.165, 1.54) is 22.3 Å². The van der Waals surface area contributed by atoms with Crippen LogP contribution in [0.25, 0.3) is 0 Å². The van der Waals surface area contributed by atoms with Crippen LogP contribution in [0.15, 0.2) is 12.1 Å². The molecule has 0 spiro atoms. The van der Waals surface area contributed by atoms with Crippen LogP contribution in [0.4, 0.5) is 0 Å². The van der Waals surface area contributed by atoms with Crippen molar-refractivity contribution in [1.29, 1.82) is 0 Å². The van der Waals surface area contributed by atoms with Crippen LogP contribution in [-0.4, -0.2) is 18.9 Å². The molecule has 1 N–H and O–H groups in total. The summed E-state index contributed by atoms with van der Waals surface area (Å²) in [6, 6.07) is 4.40. The lowest BCUT2D eigenvalue weighted by atomic mass is 9.70. The molecule has 1 saturated heterocycles. The minimum atomic E-state index is -0.0796. The number of carbonyl (C=O) groups excluding carboxylic acids is 1. The summed E-state index contributed by atoms with van der Waals surface area (Å²) >= 11 is 0. The second kappa shape index (κ2) is 6.74. The van der Waals surface area contributed by atoms with Gasteiger partial charge in [0.05, 0.1) is 0 Å². The van der Waals surface area contributed by atoms with Gasteiger partial charge in [0.25, 0.3) is 0 Å². The monoisotopic (exact) mass is 287 g/mol. The second-order valence-electron chi connectivity index (χ2n) is 6.76. The number of Topliss-reactive ketones (excluding diaryl/α,β-unsaturated/α-hetero) is 1. The maximum absolute atomic E-state index is 13.0. The molecule has 1 aliphatic heterocycles. The van der Waals surface area contributed by atoms with E-state index in [0.29, 0.717) is 12.2 Å². The van der Waals surface area contributed by atoms with E-state index >= 15 is 0 Å². The van der Waals surface area contributed by atoms with Crippen LogP contribution in [0.5, 0.6) is 0 Å². The predicted octanol–water partition coefficient (Wildman–Crippen LogP) is 3.89. The van der Waals surface area contributed by atoms with E-state index in [-0.39, 0.29) is 5.41 Å². The maximum Gasteiger partial charge on any atom is 0.143 e. The lowest BCUT2D eigenvalue weighted by Crippen LogP contribution is -2.43. The number of carbonyl (C=O) groups is 1. The first-order valence-corrected chi connectivity index (χ1v) is 8.29. The Balaban J connectivity index is 2.23. The Morgan fingerprint density at radius 3 is 2.24 bits per heavy atom. The van der Waals surface area contributed by atoms with Gasteiger partial charge in [0.15, 0.2) is 0 Å². The second-order valence-corrected chi connectivity index (χ2v) is 6.76. The van der Waals surface area contributed by atoms with Crippen molar-refractivity contribution < 1.29 is 4.79 Å². The Bertz CT molecular complexity index is 484. The summed E-state index contributed by atoms with van der Waals surface area (Å²) in [4.78, 5) is 13.0.